The summed E-state index contributed by atoms with van der Waals surface area (Å²) in [5, 5.41) is 11.2. The Morgan fingerprint density at radius 3 is 2.74 bits per heavy atom. The number of aromatic nitrogens is 4. The van der Waals surface area contributed by atoms with Crippen LogP contribution in [-0.2, 0) is 17.9 Å². The van der Waals surface area contributed by atoms with E-state index in [-0.39, 0.29) is 37.0 Å². The molecule has 0 atom stereocenters. The fourth-order valence-corrected chi connectivity index (χ4v) is 3.99. The molecular formula is C21H20ClN5O3S. The average molecular weight is 458 g/mol. The van der Waals surface area contributed by atoms with Crippen molar-refractivity contribution in [3.05, 3.63) is 63.3 Å². The van der Waals surface area contributed by atoms with E-state index in [0.29, 0.717) is 27.0 Å². The zero-order valence-electron chi connectivity index (χ0n) is 17.0. The fourth-order valence-electron chi connectivity index (χ4n) is 3.14. The Morgan fingerprint density at radius 1 is 1.23 bits per heavy atom. The predicted octanol–water partition coefficient (Wildman–Crippen LogP) is 3.99. The number of hydrogen-bond donors (Lipinski definition) is 0. The van der Waals surface area contributed by atoms with Crippen molar-refractivity contribution >= 4 is 39.1 Å². The van der Waals surface area contributed by atoms with Gasteiger partial charge in [-0.1, -0.05) is 11.6 Å². The normalized spacial score (nSPS) is 11.4. The summed E-state index contributed by atoms with van der Waals surface area (Å²) in [6.45, 7) is 4.27. The third-order valence-electron chi connectivity index (χ3n) is 4.82. The minimum absolute atomic E-state index is 0.0763. The van der Waals surface area contributed by atoms with Crippen molar-refractivity contribution < 1.29 is 9.21 Å². The van der Waals surface area contributed by atoms with Crippen LogP contribution in [0.4, 0.5) is 0 Å². The molecule has 3 heterocycles. The van der Waals surface area contributed by atoms with E-state index in [4.69, 9.17) is 16.0 Å². The van der Waals surface area contributed by atoms with Gasteiger partial charge in [-0.3, -0.25) is 14.2 Å². The van der Waals surface area contributed by atoms with Crippen molar-refractivity contribution in [1.82, 2.24) is 24.6 Å². The standard InChI is InChI=1S/C21H20ClN5O3S/c1-13(2)27(11-17-24-25-19(30-17)14-3-5-15(22)6-4-14)18(28)7-9-26-12-23-20-16(21(26)29)8-10-31-20/h3-6,8,10,12-13H,7,9,11H2,1-2H3. The molecule has 0 spiro atoms. The van der Waals surface area contributed by atoms with E-state index < -0.39 is 0 Å². The maximum absolute atomic E-state index is 12.9. The van der Waals surface area contributed by atoms with E-state index in [1.54, 1.807) is 35.2 Å². The number of rotatable bonds is 7. The number of carbonyl (C=O) groups is 1. The molecular weight excluding hydrogens is 438 g/mol. The Morgan fingerprint density at radius 2 is 2.00 bits per heavy atom. The summed E-state index contributed by atoms with van der Waals surface area (Å²) in [4.78, 5) is 32.0. The first-order chi connectivity index (χ1) is 14.9. The molecule has 160 valence electrons. The number of thiophene rings is 1. The number of carbonyl (C=O) groups excluding carboxylic acids is 1. The zero-order valence-corrected chi connectivity index (χ0v) is 18.6. The highest BCUT2D eigenvalue weighted by atomic mass is 35.5. The maximum Gasteiger partial charge on any atom is 0.262 e. The van der Waals surface area contributed by atoms with Gasteiger partial charge in [-0.15, -0.1) is 21.5 Å². The lowest BCUT2D eigenvalue weighted by Crippen LogP contribution is -2.37. The minimum Gasteiger partial charge on any atom is -0.419 e. The van der Waals surface area contributed by atoms with Crippen LogP contribution < -0.4 is 5.56 Å². The van der Waals surface area contributed by atoms with Crippen LogP contribution in [0.2, 0.25) is 5.02 Å². The van der Waals surface area contributed by atoms with Gasteiger partial charge in [0, 0.05) is 29.6 Å². The van der Waals surface area contributed by atoms with E-state index >= 15 is 0 Å². The van der Waals surface area contributed by atoms with E-state index in [1.807, 2.05) is 19.2 Å². The number of hydrogen-bond acceptors (Lipinski definition) is 7. The van der Waals surface area contributed by atoms with Gasteiger partial charge in [0.25, 0.3) is 5.56 Å². The second-order valence-electron chi connectivity index (χ2n) is 7.26. The molecule has 0 saturated heterocycles. The van der Waals surface area contributed by atoms with Gasteiger partial charge in [0.05, 0.1) is 18.3 Å². The van der Waals surface area contributed by atoms with Crippen molar-refractivity contribution in [2.75, 3.05) is 0 Å². The van der Waals surface area contributed by atoms with Gasteiger partial charge in [-0.25, -0.2) is 4.98 Å². The molecule has 0 aliphatic carbocycles. The molecule has 1 amide bonds. The summed E-state index contributed by atoms with van der Waals surface area (Å²) in [6.07, 6.45) is 1.65. The highest BCUT2D eigenvalue weighted by molar-refractivity contribution is 7.16. The monoisotopic (exact) mass is 457 g/mol. The Balaban J connectivity index is 1.44. The predicted molar refractivity (Wildman–Crippen MR) is 119 cm³/mol. The third-order valence-corrected chi connectivity index (χ3v) is 5.90. The molecule has 4 rings (SSSR count). The van der Waals surface area contributed by atoms with Crippen molar-refractivity contribution in [3.63, 3.8) is 0 Å². The van der Waals surface area contributed by atoms with Crippen molar-refractivity contribution in [3.8, 4) is 11.5 Å². The number of aryl methyl sites for hydroxylation is 1. The topological polar surface area (TPSA) is 94.1 Å². The number of nitrogens with zero attached hydrogens (tertiary/aromatic N) is 5. The Hall–Kier alpha value is -3.04. The molecule has 0 fully saturated rings. The summed E-state index contributed by atoms with van der Waals surface area (Å²) in [6, 6.07) is 8.75. The van der Waals surface area contributed by atoms with E-state index in [1.165, 1.54) is 22.2 Å². The van der Waals surface area contributed by atoms with Crippen LogP contribution >= 0.6 is 22.9 Å². The summed E-state index contributed by atoms with van der Waals surface area (Å²) in [7, 11) is 0. The van der Waals surface area contributed by atoms with Gasteiger partial charge in [0.2, 0.25) is 17.7 Å². The van der Waals surface area contributed by atoms with Gasteiger partial charge in [0.15, 0.2) is 0 Å². The van der Waals surface area contributed by atoms with Crippen LogP contribution in [0.25, 0.3) is 21.7 Å². The lowest BCUT2D eigenvalue weighted by Gasteiger charge is -2.25. The molecule has 0 saturated carbocycles. The SMILES string of the molecule is CC(C)N(Cc1nnc(-c2ccc(Cl)cc2)o1)C(=O)CCn1cnc2sccc2c1=O. The summed E-state index contributed by atoms with van der Waals surface area (Å²) in [5.41, 5.74) is 0.612. The molecule has 10 heteroatoms. The summed E-state index contributed by atoms with van der Waals surface area (Å²) in [5.74, 6) is 0.591. The highest BCUT2D eigenvalue weighted by Gasteiger charge is 2.21. The smallest absolute Gasteiger partial charge is 0.262 e. The number of halogens is 1. The van der Waals surface area contributed by atoms with Crippen LogP contribution in [-0.4, -0.2) is 36.6 Å². The van der Waals surface area contributed by atoms with E-state index in [0.717, 1.165) is 5.56 Å². The highest BCUT2D eigenvalue weighted by Crippen LogP contribution is 2.21. The molecule has 3 aromatic heterocycles. The Labute approximate surface area is 187 Å². The molecule has 0 aliphatic heterocycles. The van der Waals surface area contributed by atoms with Gasteiger partial charge in [-0.2, -0.15) is 0 Å². The molecule has 31 heavy (non-hydrogen) atoms. The number of fused-ring (bicyclic) bond motifs is 1. The Bertz CT molecular complexity index is 1260. The molecule has 0 unspecified atom stereocenters. The second kappa shape index (κ2) is 8.99. The summed E-state index contributed by atoms with van der Waals surface area (Å²) < 4.78 is 7.21. The molecule has 0 radical (unpaired) electrons. The van der Waals surface area contributed by atoms with Crippen LogP contribution in [0.3, 0.4) is 0 Å². The first kappa shape index (κ1) is 21.2. The van der Waals surface area contributed by atoms with Crippen molar-refractivity contribution in [1.29, 1.82) is 0 Å². The Kier molecular flexibility index (Phi) is 6.15. The second-order valence-corrected chi connectivity index (χ2v) is 8.59. The van der Waals surface area contributed by atoms with Gasteiger partial charge in [-0.05, 0) is 49.6 Å². The van der Waals surface area contributed by atoms with Gasteiger partial charge >= 0.3 is 0 Å². The third kappa shape index (κ3) is 4.67. The van der Waals surface area contributed by atoms with Crippen LogP contribution in [0.1, 0.15) is 26.2 Å². The molecule has 0 aliphatic rings. The van der Waals surface area contributed by atoms with Crippen LogP contribution in [0, 0.1) is 0 Å². The molecule has 8 nitrogen and oxygen atoms in total. The molecule has 0 N–H and O–H groups in total. The van der Waals surface area contributed by atoms with Crippen LogP contribution in [0.5, 0.6) is 0 Å². The van der Waals surface area contributed by atoms with Gasteiger partial charge in [0.1, 0.15) is 4.83 Å². The lowest BCUT2D eigenvalue weighted by atomic mass is 10.2. The van der Waals surface area contributed by atoms with Crippen molar-refractivity contribution in [2.45, 2.75) is 39.4 Å². The first-order valence-electron chi connectivity index (χ1n) is 9.73. The largest absolute Gasteiger partial charge is 0.419 e. The van der Waals surface area contributed by atoms with Crippen molar-refractivity contribution in [2.24, 2.45) is 0 Å². The number of benzene rings is 1. The average Bonchev–Trinajstić information content (AvgIpc) is 3.41. The molecule has 1 aromatic carbocycles. The molecule has 4 aromatic rings. The first-order valence-corrected chi connectivity index (χ1v) is 11.0. The minimum atomic E-state index is -0.139. The number of amides is 1. The van der Waals surface area contributed by atoms with Crippen LogP contribution in [0.15, 0.2) is 51.3 Å². The lowest BCUT2D eigenvalue weighted by molar-refractivity contribution is -0.134. The fraction of sp³-hybridized carbons (Fsp3) is 0.286. The quantitative estimate of drug-likeness (QED) is 0.416. The zero-order chi connectivity index (χ0) is 22.0. The van der Waals surface area contributed by atoms with E-state index in [2.05, 4.69) is 15.2 Å². The van der Waals surface area contributed by atoms with E-state index in [9.17, 15) is 9.59 Å². The summed E-state index contributed by atoms with van der Waals surface area (Å²) >= 11 is 7.33. The van der Waals surface area contributed by atoms with Gasteiger partial charge < -0.3 is 9.32 Å². The maximum atomic E-state index is 12.9. The molecule has 0 bridgehead atoms.